The Labute approximate surface area is 120 Å². The van der Waals surface area contributed by atoms with E-state index in [1.807, 2.05) is 6.07 Å². The number of nitrogens with zero attached hydrogens (tertiary/aromatic N) is 1. The van der Waals surface area contributed by atoms with E-state index in [0.717, 1.165) is 0 Å². The monoisotopic (exact) mass is 324 g/mol. The molecule has 110 valence electrons. The lowest BCUT2D eigenvalue weighted by Crippen LogP contribution is -2.28. The molecule has 9 heteroatoms. The van der Waals surface area contributed by atoms with Gasteiger partial charge < -0.3 is 4.74 Å². The fourth-order valence-corrected chi connectivity index (χ4v) is 2.84. The summed E-state index contributed by atoms with van der Waals surface area (Å²) in [5.74, 6) is 0. The van der Waals surface area contributed by atoms with Crippen LogP contribution in [0.1, 0.15) is 5.56 Å². The average molecular weight is 325 g/mol. The molecule has 0 saturated carbocycles. The van der Waals surface area contributed by atoms with Crippen molar-refractivity contribution in [1.29, 1.82) is 5.26 Å². The van der Waals surface area contributed by atoms with Gasteiger partial charge in [-0.2, -0.15) is 5.26 Å². The second kappa shape index (κ2) is 7.50. The highest BCUT2D eigenvalue weighted by molar-refractivity contribution is 7.89. The molecule has 0 aromatic heterocycles. The van der Waals surface area contributed by atoms with Gasteiger partial charge in [0.05, 0.1) is 23.3 Å². The van der Waals surface area contributed by atoms with Crippen LogP contribution in [0.4, 0.5) is 8.78 Å². The normalized spacial score (nSPS) is 11.6. The van der Waals surface area contributed by atoms with Crippen molar-refractivity contribution in [2.75, 3.05) is 19.8 Å². The third kappa shape index (κ3) is 5.02. The van der Waals surface area contributed by atoms with Crippen molar-refractivity contribution in [3.63, 3.8) is 0 Å². The lowest BCUT2D eigenvalue weighted by atomic mass is 10.2. The van der Waals surface area contributed by atoms with Crippen LogP contribution in [-0.2, 0) is 14.8 Å². The van der Waals surface area contributed by atoms with Gasteiger partial charge in [-0.25, -0.2) is 21.9 Å². The van der Waals surface area contributed by atoms with Crippen LogP contribution >= 0.6 is 11.6 Å². The van der Waals surface area contributed by atoms with Gasteiger partial charge in [0.15, 0.2) is 0 Å². The van der Waals surface area contributed by atoms with Gasteiger partial charge in [-0.1, -0.05) is 11.6 Å². The van der Waals surface area contributed by atoms with Gasteiger partial charge in [0.1, 0.15) is 11.5 Å². The molecular formula is C11H11ClF2N2O3S. The maximum Gasteiger partial charge on any atom is 0.261 e. The van der Waals surface area contributed by atoms with E-state index in [9.17, 15) is 17.2 Å². The van der Waals surface area contributed by atoms with Crippen LogP contribution in [0.3, 0.4) is 0 Å². The van der Waals surface area contributed by atoms with Crippen LogP contribution in [-0.4, -0.2) is 34.6 Å². The first-order chi connectivity index (χ1) is 9.36. The summed E-state index contributed by atoms with van der Waals surface area (Å²) >= 11 is 5.77. The molecule has 1 aromatic rings. The molecule has 0 aliphatic carbocycles. The molecule has 0 spiro atoms. The molecule has 0 fully saturated rings. The molecular weight excluding hydrogens is 314 g/mol. The van der Waals surface area contributed by atoms with E-state index in [2.05, 4.69) is 9.46 Å². The quantitative estimate of drug-likeness (QED) is 0.775. The summed E-state index contributed by atoms with van der Waals surface area (Å²) in [6.45, 7) is -1.10. The molecule has 1 rings (SSSR count). The SMILES string of the molecule is N#Cc1ccc(S(=O)(=O)NCCOCC(F)F)c(Cl)c1. The number of nitrogens with one attached hydrogen (secondary N) is 1. The number of alkyl halides is 2. The van der Waals surface area contributed by atoms with Crippen molar-refractivity contribution in [2.24, 2.45) is 0 Å². The molecule has 0 bridgehead atoms. The third-order valence-electron chi connectivity index (χ3n) is 2.13. The lowest BCUT2D eigenvalue weighted by molar-refractivity contribution is 0.0199. The minimum atomic E-state index is -3.88. The number of benzene rings is 1. The fourth-order valence-electron chi connectivity index (χ4n) is 1.29. The average Bonchev–Trinajstić information content (AvgIpc) is 2.37. The Balaban J connectivity index is 2.63. The highest BCUT2D eigenvalue weighted by Gasteiger charge is 2.17. The van der Waals surface area contributed by atoms with Crippen molar-refractivity contribution in [3.8, 4) is 6.07 Å². The molecule has 1 aromatic carbocycles. The molecule has 20 heavy (non-hydrogen) atoms. The second-order valence-electron chi connectivity index (χ2n) is 3.62. The number of ether oxygens (including phenoxy) is 1. The standard InChI is InChI=1S/C11H11ClF2N2O3S/c12-9-5-8(6-15)1-2-10(9)20(17,18)16-3-4-19-7-11(13)14/h1-2,5,11,16H,3-4,7H2. The van der Waals surface area contributed by atoms with Gasteiger partial charge in [-0.05, 0) is 18.2 Å². The van der Waals surface area contributed by atoms with Crippen LogP contribution in [0.5, 0.6) is 0 Å². The van der Waals surface area contributed by atoms with Crippen LogP contribution in [0, 0.1) is 11.3 Å². The molecule has 0 saturated heterocycles. The Hall–Kier alpha value is -1.27. The Morgan fingerprint density at radius 1 is 1.45 bits per heavy atom. The third-order valence-corrected chi connectivity index (χ3v) is 4.08. The number of halogens is 3. The summed E-state index contributed by atoms with van der Waals surface area (Å²) in [5.41, 5.74) is 0.231. The van der Waals surface area contributed by atoms with Crippen LogP contribution in [0.25, 0.3) is 0 Å². The summed E-state index contributed by atoms with van der Waals surface area (Å²) in [6.07, 6.45) is -2.60. The lowest BCUT2D eigenvalue weighted by Gasteiger charge is -2.09. The fraction of sp³-hybridized carbons (Fsp3) is 0.364. The Morgan fingerprint density at radius 2 is 2.15 bits per heavy atom. The summed E-state index contributed by atoms with van der Waals surface area (Å²) in [7, 11) is -3.88. The predicted molar refractivity (Wildman–Crippen MR) is 68.2 cm³/mol. The first kappa shape index (κ1) is 16.8. The van der Waals surface area contributed by atoms with Crippen LogP contribution in [0.15, 0.2) is 23.1 Å². The summed E-state index contributed by atoms with van der Waals surface area (Å²) in [4.78, 5) is -0.188. The Morgan fingerprint density at radius 3 is 2.70 bits per heavy atom. The number of hydrogen-bond acceptors (Lipinski definition) is 4. The minimum Gasteiger partial charge on any atom is -0.374 e. The van der Waals surface area contributed by atoms with E-state index >= 15 is 0 Å². The van der Waals surface area contributed by atoms with Gasteiger partial charge in [-0.3, -0.25) is 0 Å². The van der Waals surface area contributed by atoms with Gasteiger partial charge in [-0.15, -0.1) is 0 Å². The topological polar surface area (TPSA) is 79.2 Å². The maximum atomic E-state index is 11.9. The van der Waals surface area contributed by atoms with E-state index in [0.29, 0.717) is 0 Å². The molecule has 0 heterocycles. The van der Waals surface area contributed by atoms with Crippen LogP contribution < -0.4 is 4.72 Å². The van der Waals surface area contributed by atoms with Crippen molar-refractivity contribution < 1.29 is 21.9 Å². The Bertz CT molecular complexity index is 602. The molecule has 0 atom stereocenters. The smallest absolute Gasteiger partial charge is 0.261 e. The summed E-state index contributed by atoms with van der Waals surface area (Å²) in [6, 6.07) is 5.56. The first-order valence-corrected chi connectivity index (χ1v) is 7.28. The second-order valence-corrected chi connectivity index (χ2v) is 5.76. The number of sulfonamides is 1. The molecule has 1 N–H and O–H groups in total. The molecule has 0 amide bonds. The highest BCUT2D eigenvalue weighted by Crippen LogP contribution is 2.22. The molecule has 0 radical (unpaired) electrons. The first-order valence-electron chi connectivity index (χ1n) is 5.42. The van der Waals surface area contributed by atoms with Gasteiger partial charge in [0.2, 0.25) is 10.0 Å². The van der Waals surface area contributed by atoms with Crippen molar-refractivity contribution in [3.05, 3.63) is 28.8 Å². The molecule has 0 aliphatic rings. The molecule has 5 nitrogen and oxygen atoms in total. The molecule has 0 unspecified atom stereocenters. The Kier molecular flexibility index (Phi) is 6.29. The number of nitriles is 1. The van der Waals surface area contributed by atoms with Crippen LogP contribution in [0.2, 0.25) is 5.02 Å². The maximum absolute atomic E-state index is 11.9. The number of hydrogen-bond donors (Lipinski definition) is 1. The highest BCUT2D eigenvalue weighted by atomic mass is 35.5. The molecule has 0 aliphatic heterocycles. The van der Waals surface area contributed by atoms with Gasteiger partial charge in [0.25, 0.3) is 6.43 Å². The van der Waals surface area contributed by atoms with Crippen molar-refractivity contribution in [2.45, 2.75) is 11.3 Å². The summed E-state index contributed by atoms with van der Waals surface area (Å²) in [5, 5.41) is 8.56. The zero-order valence-electron chi connectivity index (χ0n) is 10.1. The van der Waals surface area contributed by atoms with E-state index in [4.69, 9.17) is 16.9 Å². The zero-order valence-corrected chi connectivity index (χ0v) is 11.7. The van der Waals surface area contributed by atoms with Gasteiger partial charge in [0, 0.05) is 6.54 Å². The zero-order chi connectivity index (χ0) is 15.2. The van der Waals surface area contributed by atoms with E-state index in [1.165, 1.54) is 18.2 Å². The predicted octanol–water partition coefficient (Wildman–Crippen LogP) is 1.77. The minimum absolute atomic E-state index is 0.0925. The van der Waals surface area contributed by atoms with Gasteiger partial charge >= 0.3 is 0 Å². The summed E-state index contributed by atoms with van der Waals surface area (Å²) < 4.78 is 54.0. The van der Waals surface area contributed by atoms with E-state index in [-0.39, 0.29) is 28.6 Å². The largest absolute Gasteiger partial charge is 0.374 e. The number of rotatable bonds is 7. The van der Waals surface area contributed by atoms with Crippen molar-refractivity contribution in [1.82, 2.24) is 4.72 Å². The van der Waals surface area contributed by atoms with E-state index in [1.54, 1.807) is 0 Å². The van der Waals surface area contributed by atoms with Crippen molar-refractivity contribution >= 4 is 21.6 Å². The van der Waals surface area contributed by atoms with E-state index < -0.39 is 23.1 Å².